The fraction of sp³-hybridized carbons (Fsp3) is 1.00. The highest BCUT2D eigenvalue weighted by atomic mass is 35.5. The van der Waals surface area contributed by atoms with E-state index >= 15 is 0 Å². The Morgan fingerprint density at radius 3 is 2.86 bits per heavy atom. The van der Waals surface area contributed by atoms with Crippen molar-refractivity contribution in [3.63, 3.8) is 0 Å². The average Bonchev–Trinajstić information content (AvgIpc) is 2.71. The Kier molecular flexibility index (Phi) is 4.09. The summed E-state index contributed by atoms with van der Waals surface area (Å²) in [4.78, 5) is 0. The van der Waals surface area contributed by atoms with Crippen LogP contribution in [0.4, 0.5) is 0 Å². The first-order chi connectivity index (χ1) is 6.88. The van der Waals surface area contributed by atoms with Crippen LogP contribution in [0.25, 0.3) is 0 Å². The minimum atomic E-state index is 0.606. The second-order valence-electron chi connectivity index (χ2n) is 4.61. The third kappa shape index (κ3) is 2.85. The zero-order valence-electron chi connectivity index (χ0n) is 8.68. The van der Waals surface area contributed by atoms with Crippen LogP contribution in [0.3, 0.4) is 0 Å². The number of hydrogen-bond donors (Lipinski definition) is 1. The third-order valence-corrected chi connectivity index (χ3v) is 3.84. The van der Waals surface area contributed by atoms with Crippen molar-refractivity contribution in [2.75, 3.05) is 19.1 Å². The Morgan fingerprint density at radius 2 is 2.14 bits per heavy atom. The van der Waals surface area contributed by atoms with Gasteiger partial charge in [0.05, 0.1) is 6.61 Å². The maximum atomic E-state index is 5.91. The summed E-state index contributed by atoms with van der Waals surface area (Å²) in [5.74, 6) is 1.57. The van der Waals surface area contributed by atoms with E-state index in [0.29, 0.717) is 12.1 Å². The van der Waals surface area contributed by atoms with Gasteiger partial charge in [-0.1, -0.05) is 6.42 Å². The molecule has 1 N–H and O–H groups in total. The first kappa shape index (κ1) is 10.7. The van der Waals surface area contributed by atoms with Crippen molar-refractivity contribution < 1.29 is 4.74 Å². The van der Waals surface area contributed by atoms with E-state index in [1.165, 1.54) is 32.1 Å². The molecule has 0 radical (unpaired) electrons. The monoisotopic (exact) mass is 217 g/mol. The number of halogens is 1. The summed E-state index contributed by atoms with van der Waals surface area (Å²) in [6.45, 7) is 1.84. The minimum absolute atomic E-state index is 0.606. The topological polar surface area (TPSA) is 21.3 Å². The lowest BCUT2D eigenvalue weighted by molar-refractivity contribution is 0.183. The van der Waals surface area contributed by atoms with E-state index < -0.39 is 0 Å². The van der Waals surface area contributed by atoms with Crippen molar-refractivity contribution in [2.24, 2.45) is 5.92 Å². The van der Waals surface area contributed by atoms with Crippen molar-refractivity contribution in [3.8, 4) is 0 Å². The van der Waals surface area contributed by atoms with Gasteiger partial charge in [-0.2, -0.15) is 0 Å². The van der Waals surface area contributed by atoms with Crippen molar-refractivity contribution in [2.45, 2.75) is 44.2 Å². The van der Waals surface area contributed by atoms with E-state index in [1.54, 1.807) is 0 Å². The van der Waals surface area contributed by atoms with Gasteiger partial charge in [-0.05, 0) is 31.6 Å². The van der Waals surface area contributed by atoms with Crippen molar-refractivity contribution in [1.82, 2.24) is 5.32 Å². The van der Waals surface area contributed by atoms with Crippen LogP contribution in [0.5, 0.6) is 0 Å². The summed E-state index contributed by atoms with van der Waals surface area (Å²) in [7, 11) is 0. The molecule has 1 heterocycles. The Hall–Kier alpha value is 0.210. The molecule has 3 heteroatoms. The fourth-order valence-electron chi connectivity index (χ4n) is 2.58. The molecule has 82 valence electrons. The van der Waals surface area contributed by atoms with Gasteiger partial charge in [0.15, 0.2) is 0 Å². The molecule has 0 amide bonds. The Balaban J connectivity index is 1.73. The highest BCUT2D eigenvalue weighted by Crippen LogP contribution is 2.25. The lowest BCUT2D eigenvalue weighted by Crippen LogP contribution is -2.41. The fourth-order valence-corrected chi connectivity index (χ4v) is 2.86. The van der Waals surface area contributed by atoms with Gasteiger partial charge in [-0.3, -0.25) is 0 Å². The van der Waals surface area contributed by atoms with Crippen LogP contribution in [-0.2, 0) is 4.74 Å². The van der Waals surface area contributed by atoms with E-state index in [0.717, 1.165) is 25.0 Å². The number of rotatable bonds is 3. The predicted octanol–water partition coefficient (Wildman–Crippen LogP) is 2.16. The number of alkyl halides is 1. The van der Waals surface area contributed by atoms with E-state index in [1.807, 2.05) is 0 Å². The van der Waals surface area contributed by atoms with Gasteiger partial charge in [-0.25, -0.2) is 0 Å². The van der Waals surface area contributed by atoms with Crippen LogP contribution in [0, 0.1) is 5.92 Å². The van der Waals surface area contributed by atoms with Crippen LogP contribution in [0.1, 0.15) is 32.1 Å². The molecular formula is C11H20ClNO. The molecule has 2 fully saturated rings. The molecule has 1 aliphatic heterocycles. The van der Waals surface area contributed by atoms with Gasteiger partial charge < -0.3 is 10.1 Å². The van der Waals surface area contributed by atoms with E-state index in [2.05, 4.69) is 5.32 Å². The summed E-state index contributed by atoms with van der Waals surface area (Å²) in [6, 6.07) is 1.30. The maximum absolute atomic E-state index is 5.91. The highest BCUT2D eigenvalue weighted by Gasteiger charge is 2.24. The highest BCUT2D eigenvalue weighted by molar-refractivity contribution is 6.18. The molecule has 2 rings (SSSR count). The van der Waals surface area contributed by atoms with Gasteiger partial charge in [0.2, 0.25) is 0 Å². The Labute approximate surface area is 91.3 Å². The zero-order valence-corrected chi connectivity index (χ0v) is 9.43. The average molecular weight is 218 g/mol. The van der Waals surface area contributed by atoms with Gasteiger partial charge in [-0.15, -0.1) is 11.6 Å². The largest absolute Gasteiger partial charge is 0.380 e. The summed E-state index contributed by atoms with van der Waals surface area (Å²) in [5, 5.41) is 3.70. The van der Waals surface area contributed by atoms with Crippen molar-refractivity contribution in [1.29, 1.82) is 0 Å². The molecule has 0 aromatic rings. The van der Waals surface area contributed by atoms with Crippen molar-refractivity contribution in [3.05, 3.63) is 0 Å². The molecule has 1 saturated heterocycles. The SMILES string of the molecule is ClCC1CCCC(NC2CCOC2)C1. The van der Waals surface area contributed by atoms with Gasteiger partial charge in [0, 0.05) is 24.6 Å². The molecular weight excluding hydrogens is 198 g/mol. The molecule has 1 aliphatic carbocycles. The maximum Gasteiger partial charge on any atom is 0.0620 e. The molecule has 14 heavy (non-hydrogen) atoms. The van der Waals surface area contributed by atoms with Crippen molar-refractivity contribution >= 4 is 11.6 Å². The zero-order chi connectivity index (χ0) is 9.80. The molecule has 0 spiro atoms. The quantitative estimate of drug-likeness (QED) is 0.732. The number of nitrogens with one attached hydrogen (secondary N) is 1. The van der Waals surface area contributed by atoms with Gasteiger partial charge in [0.1, 0.15) is 0 Å². The first-order valence-corrected chi connectivity index (χ1v) is 6.31. The smallest absolute Gasteiger partial charge is 0.0620 e. The third-order valence-electron chi connectivity index (χ3n) is 3.40. The second-order valence-corrected chi connectivity index (χ2v) is 4.92. The molecule has 0 aromatic heterocycles. The molecule has 2 nitrogen and oxygen atoms in total. The van der Waals surface area contributed by atoms with E-state index in [4.69, 9.17) is 16.3 Å². The van der Waals surface area contributed by atoms with Crippen LogP contribution in [-0.4, -0.2) is 31.2 Å². The van der Waals surface area contributed by atoms with Crippen LogP contribution < -0.4 is 5.32 Å². The number of hydrogen-bond acceptors (Lipinski definition) is 2. The Bertz CT molecular complexity index is 171. The molecule has 3 atom stereocenters. The second kappa shape index (κ2) is 5.34. The molecule has 0 bridgehead atoms. The lowest BCUT2D eigenvalue weighted by atomic mass is 9.86. The standard InChI is InChI=1S/C11H20ClNO/c12-7-9-2-1-3-10(6-9)13-11-4-5-14-8-11/h9-11,13H,1-8H2. The van der Waals surface area contributed by atoms with E-state index in [-0.39, 0.29) is 0 Å². The minimum Gasteiger partial charge on any atom is -0.380 e. The predicted molar refractivity (Wildman–Crippen MR) is 58.8 cm³/mol. The number of ether oxygens (including phenoxy) is 1. The molecule has 2 aliphatic rings. The normalized spacial score (nSPS) is 38.8. The van der Waals surface area contributed by atoms with Crippen LogP contribution in [0.15, 0.2) is 0 Å². The van der Waals surface area contributed by atoms with E-state index in [9.17, 15) is 0 Å². The molecule has 1 saturated carbocycles. The summed E-state index contributed by atoms with van der Waals surface area (Å²) in [5.41, 5.74) is 0. The Morgan fingerprint density at radius 1 is 1.21 bits per heavy atom. The van der Waals surface area contributed by atoms with Crippen LogP contribution in [0.2, 0.25) is 0 Å². The first-order valence-electron chi connectivity index (χ1n) is 5.78. The lowest BCUT2D eigenvalue weighted by Gasteiger charge is -2.30. The van der Waals surface area contributed by atoms with Crippen LogP contribution >= 0.6 is 11.6 Å². The molecule has 0 aromatic carbocycles. The summed E-state index contributed by atoms with van der Waals surface area (Å²) < 4.78 is 5.36. The summed E-state index contributed by atoms with van der Waals surface area (Å²) in [6.07, 6.45) is 6.43. The van der Waals surface area contributed by atoms with Gasteiger partial charge >= 0.3 is 0 Å². The molecule has 3 unspecified atom stereocenters. The summed E-state index contributed by atoms with van der Waals surface area (Å²) >= 11 is 5.91. The van der Waals surface area contributed by atoms with Gasteiger partial charge in [0.25, 0.3) is 0 Å².